The zero-order valence-corrected chi connectivity index (χ0v) is 9.67. The number of aliphatic hydroxyl groups excluding tert-OH is 1. The van der Waals surface area contributed by atoms with Crippen LogP contribution in [-0.2, 0) is 4.74 Å². The lowest BCUT2D eigenvalue weighted by molar-refractivity contribution is 0.0592. The number of esters is 1. The molecule has 1 heterocycles. The number of methoxy groups -OCH3 is 1. The molecule has 1 aromatic rings. The van der Waals surface area contributed by atoms with Crippen LogP contribution in [0.4, 0.5) is 5.82 Å². The van der Waals surface area contributed by atoms with Gasteiger partial charge in [-0.05, 0) is 12.1 Å². The lowest BCUT2D eigenvalue weighted by Gasteiger charge is -2.20. The second-order valence-corrected chi connectivity index (χ2v) is 3.23. The molecule has 0 unspecified atom stereocenters. The fourth-order valence-electron chi connectivity index (χ4n) is 1.28. The topological polar surface area (TPSA) is 75.5 Å². The van der Waals surface area contributed by atoms with Gasteiger partial charge in [-0.1, -0.05) is 6.08 Å². The molecule has 6 heteroatoms. The van der Waals surface area contributed by atoms with Gasteiger partial charge in [0.1, 0.15) is 0 Å². The van der Waals surface area contributed by atoms with Crippen LogP contribution in [-0.4, -0.2) is 48.1 Å². The molecule has 0 bridgehead atoms. The van der Waals surface area contributed by atoms with Crippen molar-refractivity contribution in [3.63, 3.8) is 0 Å². The Balaban J connectivity index is 2.83. The summed E-state index contributed by atoms with van der Waals surface area (Å²) in [6.45, 7) is 4.61. The van der Waals surface area contributed by atoms with Crippen molar-refractivity contribution in [2.75, 3.05) is 31.7 Å². The fraction of sp³-hybridized carbons (Fsp3) is 0.364. The Morgan fingerprint density at radius 2 is 2.35 bits per heavy atom. The minimum Gasteiger partial charge on any atom is -0.464 e. The van der Waals surface area contributed by atoms with Gasteiger partial charge in [-0.2, -0.15) is 0 Å². The van der Waals surface area contributed by atoms with Gasteiger partial charge in [-0.15, -0.1) is 16.8 Å². The summed E-state index contributed by atoms with van der Waals surface area (Å²) < 4.78 is 4.52. The van der Waals surface area contributed by atoms with Crippen LogP contribution >= 0.6 is 0 Å². The normalized spacial score (nSPS) is 9.76. The van der Waals surface area contributed by atoms with E-state index < -0.39 is 5.97 Å². The average Bonchev–Trinajstić information content (AvgIpc) is 2.38. The largest absolute Gasteiger partial charge is 0.464 e. The van der Waals surface area contributed by atoms with Crippen LogP contribution in [0.1, 0.15) is 10.5 Å². The molecule has 0 aliphatic heterocycles. The van der Waals surface area contributed by atoms with Crippen LogP contribution in [0.3, 0.4) is 0 Å². The molecule has 1 N–H and O–H groups in total. The first-order valence-corrected chi connectivity index (χ1v) is 5.11. The van der Waals surface area contributed by atoms with Gasteiger partial charge in [0, 0.05) is 13.1 Å². The second kappa shape index (κ2) is 6.59. The number of hydrogen-bond acceptors (Lipinski definition) is 6. The molecule has 6 nitrogen and oxygen atoms in total. The summed E-state index contributed by atoms with van der Waals surface area (Å²) in [5.74, 6) is 0.0491. The van der Waals surface area contributed by atoms with Gasteiger partial charge in [0.25, 0.3) is 0 Å². The number of aromatic nitrogens is 2. The zero-order chi connectivity index (χ0) is 12.7. The van der Waals surface area contributed by atoms with Crippen LogP contribution in [0.2, 0.25) is 0 Å². The summed E-state index contributed by atoms with van der Waals surface area (Å²) in [5.41, 5.74) is 0.152. The van der Waals surface area contributed by atoms with Crippen LogP contribution in [0.15, 0.2) is 24.8 Å². The van der Waals surface area contributed by atoms with E-state index in [-0.39, 0.29) is 12.3 Å². The minimum absolute atomic E-state index is 0.00821. The molecular weight excluding hydrogens is 222 g/mol. The summed E-state index contributed by atoms with van der Waals surface area (Å²) in [6.07, 6.45) is 1.70. The number of anilines is 1. The number of ether oxygens (including phenoxy) is 1. The highest BCUT2D eigenvalue weighted by Gasteiger charge is 2.10. The van der Waals surface area contributed by atoms with Crippen molar-refractivity contribution in [3.8, 4) is 0 Å². The molecule has 0 saturated carbocycles. The van der Waals surface area contributed by atoms with E-state index in [0.29, 0.717) is 18.9 Å². The fourth-order valence-corrected chi connectivity index (χ4v) is 1.28. The number of carbonyl (C=O) groups is 1. The van der Waals surface area contributed by atoms with Gasteiger partial charge in [-0.25, -0.2) is 4.79 Å². The van der Waals surface area contributed by atoms with E-state index in [1.54, 1.807) is 17.0 Å². The predicted molar refractivity (Wildman–Crippen MR) is 62.9 cm³/mol. The van der Waals surface area contributed by atoms with Crippen LogP contribution in [0.5, 0.6) is 0 Å². The van der Waals surface area contributed by atoms with Crippen LogP contribution < -0.4 is 4.90 Å². The number of nitrogens with zero attached hydrogens (tertiary/aromatic N) is 3. The highest BCUT2D eigenvalue weighted by Crippen LogP contribution is 2.09. The molecule has 92 valence electrons. The van der Waals surface area contributed by atoms with Crippen molar-refractivity contribution in [2.24, 2.45) is 0 Å². The Bertz CT molecular complexity index is 378. The summed E-state index contributed by atoms with van der Waals surface area (Å²) in [7, 11) is 1.29. The van der Waals surface area contributed by atoms with Crippen molar-refractivity contribution in [2.45, 2.75) is 0 Å². The number of aliphatic hydroxyl groups is 1. The first-order chi connectivity index (χ1) is 8.22. The van der Waals surface area contributed by atoms with Gasteiger partial charge in [-0.3, -0.25) is 0 Å². The quantitative estimate of drug-likeness (QED) is 0.564. The van der Waals surface area contributed by atoms with Crippen molar-refractivity contribution in [1.82, 2.24) is 10.2 Å². The van der Waals surface area contributed by atoms with Crippen molar-refractivity contribution >= 4 is 11.8 Å². The molecule has 0 aromatic carbocycles. The van der Waals surface area contributed by atoms with E-state index in [1.165, 1.54) is 13.2 Å². The predicted octanol–water partition coefficient (Wildman–Crippen LogP) is 0.248. The summed E-state index contributed by atoms with van der Waals surface area (Å²) in [5, 5.41) is 16.6. The highest BCUT2D eigenvalue weighted by molar-refractivity contribution is 5.86. The Morgan fingerprint density at radius 1 is 1.59 bits per heavy atom. The maximum Gasteiger partial charge on any atom is 0.358 e. The molecule has 1 aromatic heterocycles. The lowest BCUT2D eigenvalue weighted by Crippen LogP contribution is -2.28. The maximum atomic E-state index is 11.2. The zero-order valence-electron chi connectivity index (χ0n) is 9.67. The summed E-state index contributed by atoms with van der Waals surface area (Å²) >= 11 is 0. The molecule has 0 aliphatic carbocycles. The molecule has 0 spiro atoms. The Labute approximate surface area is 99.5 Å². The summed E-state index contributed by atoms with van der Waals surface area (Å²) in [6, 6.07) is 3.18. The van der Waals surface area contributed by atoms with E-state index in [0.717, 1.165) is 0 Å². The smallest absolute Gasteiger partial charge is 0.358 e. The monoisotopic (exact) mass is 237 g/mol. The first kappa shape index (κ1) is 13.1. The van der Waals surface area contributed by atoms with Gasteiger partial charge >= 0.3 is 5.97 Å². The summed E-state index contributed by atoms with van der Waals surface area (Å²) in [4.78, 5) is 12.9. The standard InChI is InChI=1S/C11H15N3O3/c1-3-6-14(7-8-15)10-5-4-9(12-13-10)11(16)17-2/h3-5,15H,1,6-8H2,2H3. The molecule has 0 atom stereocenters. The van der Waals surface area contributed by atoms with Gasteiger partial charge in [0.2, 0.25) is 0 Å². The number of carbonyl (C=O) groups excluding carboxylic acids is 1. The van der Waals surface area contributed by atoms with E-state index in [4.69, 9.17) is 5.11 Å². The molecule has 0 fully saturated rings. The molecule has 0 saturated heterocycles. The van der Waals surface area contributed by atoms with E-state index in [9.17, 15) is 4.79 Å². The van der Waals surface area contributed by atoms with Gasteiger partial charge < -0.3 is 14.7 Å². The minimum atomic E-state index is -0.526. The van der Waals surface area contributed by atoms with E-state index in [2.05, 4.69) is 21.5 Å². The number of hydrogen-bond donors (Lipinski definition) is 1. The van der Waals surface area contributed by atoms with Crippen molar-refractivity contribution in [1.29, 1.82) is 0 Å². The number of rotatable bonds is 6. The molecule has 1 rings (SSSR count). The van der Waals surface area contributed by atoms with Crippen LogP contribution in [0, 0.1) is 0 Å². The van der Waals surface area contributed by atoms with Gasteiger partial charge in [0.15, 0.2) is 11.5 Å². The van der Waals surface area contributed by atoms with E-state index in [1.807, 2.05) is 0 Å². The van der Waals surface area contributed by atoms with Crippen molar-refractivity contribution < 1.29 is 14.6 Å². The molecule has 0 radical (unpaired) electrons. The Morgan fingerprint density at radius 3 is 2.82 bits per heavy atom. The van der Waals surface area contributed by atoms with Crippen LogP contribution in [0.25, 0.3) is 0 Å². The third kappa shape index (κ3) is 3.53. The third-order valence-corrected chi connectivity index (χ3v) is 2.09. The maximum absolute atomic E-state index is 11.2. The van der Waals surface area contributed by atoms with Crippen molar-refractivity contribution in [3.05, 3.63) is 30.5 Å². The first-order valence-electron chi connectivity index (χ1n) is 5.11. The molecule has 17 heavy (non-hydrogen) atoms. The Hall–Kier alpha value is -1.95. The molecule has 0 amide bonds. The highest BCUT2D eigenvalue weighted by atomic mass is 16.5. The average molecular weight is 237 g/mol. The Kier molecular flexibility index (Phi) is 5.09. The second-order valence-electron chi connectivity index (χ2n) is 3.23. The molecular formula is C11H15N3O3. The van der Waals surface area contributed by atoms with Gasteiger partial charge in [0.05, 0.1) is 13.7 Å². The van der Waals surface area contributed by atoms with E-state index >= 15 is 0 Å². The third-order valence-electron chi connectivity index (χ3n) is 2.09. The SMILES string of the molecule is C=CCN(CCO)c1ccc(C(=O)OC)nn1. The molecule has 0 aliphatic rings. The lowest BCUT2D eigenvalue weighted by atomic mass is 10.3.